The van der Waals surface area contributed by atoms with Crippen molar-refractivity contribution in [1.29, 1.82) is 5.26 Å². The van der Waals surface area contributed by atoms with Gasteiger partial charge in [0.2, 0.25) is 6.04 Å². The van der Waals surface area contributed by atoms with Gasteiger partial charge in [0.25, 0.3) is 11.4 Å². The van der Waals surface area contributed by atoms with Crippen LogP contribution in [0, 0.1) is 31.6 Å². The number of hydrogen-bond donors (Lipinski definition) is 0. The largest absolute Gasteiger partial charge is 0.348 e. The van der Waals surface area contributed by atoms with E-state index in [1.807, 2.05) is 0 Å². The Hall–Kier alpha value is -2.43. The summed E-state index contributed by atoms with van der Waals surface area (Å²) in [5, 5.41) is 30.0. The number of rotatable bonds is 3. The predicted molar refractivity (Wildman–Crippen MR) is 51.9 cm³/mol. The number of likely N-dealkylation sites (N-methyl/N-ethyl adjacent to an activating group) is 1. The zero-order valence-corrected chi connectivity index (χ0v) is 8.36. The van der Waals surface area contributed by atoms with E-state index in [0.29, 0.717) is 0 Å². The predicted octanol–water partition coefficient (Wildman–Crippen LogP) is 0.493. The molecule has 8 heteroatoms. The fourth-order valence-electron chi connectivity index (χ4n) is 1.35. The Labute approximate surface area is 90.4 Å². The highest BCUT2D eigenvalue weighted by molar-refractivity contribution is 5.27. The lowest BCUT2D eigenvalue weighted by atomic mass is 10.1. The van der Waals surface area contributed by atoms with E-state index in [1.54, 1.807) is 13.0 Å². The lowest BCUT2D eigenvalue weighted by Crippen LogP contribution is -2.37. The van der Waals surface area contributed by atoms with Crippen molar-refractivity contribution in [2.75, 3.05) is 6.54 Å². The molecule has 0 fully saturated rings. The zero-order valence-electron chi connectivity index (χ0n) is 8.36. The van der Waals surface area contributed by atoms with Crippen LogP contribution in [-0.2, 0) is 0 Å². The quantitative estimate of drug-likeness (QED) is 0.509. The van der Waals surface area contributed by atoms with Gasteiger partial charge in [-0.25, -0.2) is 0 Å². The van der Waals surface area contributed by atoms with E-state index >= 15 is 0 Å². The van der Waals surface area contributed by atoms with Crippen molar-refractivity contribution in [3.05, 3.63) is 43.9 Å². The normalized spacial score (nSPS) is 19.5. The smallest absolute Gasteiger partial charge is 0.291 e. The Morgan fingerprint density at radius 2 is 2.12 bits per heavy atom. The second kappa shape index (κ2) is 4.39. The third kappa shape index (κ3) is 1.98. The molecule has 1 aliphatic heterocycles. The molecule has 1 rings (SSSR count). The lowest BCUT2D eigenvalue weighted by Gasteiger charge is -2.23. The van der Waals surface area contributed by atoms with Gasteiger partial charge in [0, 0.05) is 6.54 Å². The molecule has 8 nitrogen and oxygen atoms in total. The molecule has 0 aromatic heterocycles. The summed E-state index contributed by atoms with van der Waals surface area (Å²) in [5.41, 5.74) is -0.862. The number of nitriles is 1. The zero-order chi connectivity index (χ0) is 12.3. The van der Waals surface area contributed by atoms with Gasteiger partial charge in [-0.15, -0.1) is 0 Å². The van der Waals surface area contributed by atoms with Crippen molar-refractivity contribution in [2.24, 2.45) is 0 Å². The van der Waals surface area contributed by atoms with E-state index in [9.17, 15) is 20.2 Å². The first-order valence-electron chi connectivity index (χ1n) is 4.38. The van der Waals surface area contributed by atoms with Crippen molar-refractivity contribution in [3.63, 3.8) is 0 Å². The fourth-order valence-corrected chi connectivity index (χ4v) is 1.35. The van der Waals surface area contributed by atoms with Gasteiger partial charge in [0.05, 0.1) is 28.2 Å². The van der Waals surface area contributed by atoms with Crippen LogP contribution >= 0.6 is 0 Å². The number of nitrogens with zero attached hydrogens (tertiary/aromatic N) is 4. The second-order valence-electron chi connectivity index (χ2n) is 3.00. The molecule has 1 atom stereocenters. The van der Waals surface area contributed by atoms with E-state index in [1.165, 1.54) is 4.90 Å². The van der Waals surface area contributed by atoms with Crippen LogP contribution in [0.5, 0.6) is 0 Å². The molecule has 0 saturated carbocycles. The van der Waals surface area contributed by atoms with E-state index in [2.05, 4.69) is 0 Å². The summed E-state index contributed by atoms with van der Waals surface area (Å²) in [6, 6.07) is 0.665. The van der Waals surface area contributed by atoms with Crippen LogP contribution in [0.3, 0.4) is 0 Å². The van der Waals surface area contributed by atoms with Gasteiger partial charge in [-0.05, 0) is 6.92 Å². The summed E-state index contributed by atoms with van der Waals surface area (Å²) in [5.74, 6) is 0. The van der Waals surface area contributed by atoms with E-state index in [4.69, 9.17) is 5.26 Å². The summed E-state index contributed by atoms with van der Waals surface area (Å²) in [6.45, 7) is 1.93. The first kappa shape index (κ1) is 11.6. The third-order valence-electron chi connectivity index (χ3n) is 2.11. The van der Waals surface area contributed by atoms with Gasteiger partial charge in [-0.3, -0.25) is 20.2 Å². The van der Waals surface area contributed by atoms with Gasteiger partial charge < -0.3 is 4.90 Å². The summed E-state index contributed by atoms with van der Waals surface area (Å²) in [4.78, 5) is 21.0. The van der Waals surface area contributed by atoms with Crippen LogP contribution in [-0.4, -0.2) is 27.3 Å². The molecule has 0 aromatic rings. The monoisotopic (exact) mass is 224 g/mol. The van der Waals surface area contributed by atoms with Crippen molar-refractivity contribution < 1.29 is 9.85 Å². The molecule has 0 bridgehead atoms. The van der Waals surface area contributed by atoms with Gasteiger partial charge in [0.15, 0.2) is 0 Å². The summed E-state index contributed by atoms with van der Waals surface area (Å²) >= 11 is 0. The Morgan fingerprint density at radius 1 is 1.50 bits per heavy atom. The van der Waals surface area contributed by atoms with Gasteiger partial charge in [0.1, 0.15) is 0 Å². The molecule has 0 saturated heterocycles. The number of hydrogen-bond acceptors (Lipinski definition) is 6. The lowest BCUT2D eigenvalue weighted by molar-refractivity contribution is -0.441. The van der Waals surface area contributed by atoms with Crippen LogP contribution in [0.1, 0.15) is 6.92 Å². The highest BCUT2D eigenvalue weighted by Gasteiger charge is 2.35. The Bertz CT molecular complexity index is 434. The maximum absolute atomic E-state index is 10.7. The Balaban J connectivity index is 3.22. The molecule has 0 radical (unpaired) electrons. The van der Waals surface area contributed by atoms with Crippen molar-refractivity contribution in [1.82, 2.24) is 4.90 Å². The van der Waals surface area contributed by atoms with Gasteiger partial charge in [-0.2, -0.15) is 5.26 Å². The Morgan fingerprint density at radius 3 is 2.50 bits per heavy atom. The van der Waals surface area contributed by atoms with E-state index < -0.39 is 21.6 Å². The molecule has 1 aliphatic rings. The van der Waals surface area contributed by atoms with Crippen molar-refractivity contribution >= 4 is 0 Å². The molecule has 0 spiro atoms. The highest BCUT2D eigenvalue weighted by atomic mass is 16.6. The van der Waals surface area contributed by atoms with E-state index in [0.717, 1.165) is 12.3 Å². The first-order valence-corrected chi connectivity index (χ1v) is 4.38. The average Bonchev–Trinajstić information content (AvgIpc) is 2.26. The molecule has 1 unspecified atom stereocenters. The van der Waals surface area contributed by atoms with Crippen LogP contribution in [0.4, 0.5) is 0 Å². The second-order valence-corrected chi connectivity index (χ2v) is 3.00. The molecule has 0 amide bonds. The van der Waals surface area contributed by atoms with Crippen LogP contribution in [0.2, 0.25) is 0 Å². The minimum atomic E-state index is -1.08. The topological polar surface area (TPSA) is 113 Å². The fraction of sp³-hybridized carbons (Fsp3) is 0.375. The third-order valence-corrected chi connectivity index (χ3v) is 2.11. The van der Waals surface area contributed by atoms with Crippen LogP contribution in [0.25, 0.3) is 0 Å². The molecule has 84 valence electrons. The highest BCUT2D eigenvalue weighted by Crippen LogP contribution is 2.20. The summed E-state index contributed by atoms with van der Waals surface area (Å²) < 4.78 is 0. The van der Waals surface area contributed by atoms with Gasteiger partial charge in [-0.1, -0.05) is 0 Å². The first-order chi connectivity index (χ1) is 7.51. The number of nitro groups is 2. The molecule has 1 heterocycles. The van der Waals surface area contributed by atoms with Crippen LogP contribution in [0.15, 0.2) is 23.7 Å². The standard InChI is InChI=1S/C8H8N4O4/c1-2-10-5-6(11(13)14)3-7(12(15)16)8(10)4-9/h3,5,8H,2H2,1H3. The van der Waals surface area contributed by atoms with Crippen LogP contribution < -0.4 is 0 Å². The average molecular weight is 224 g/mol. The minimum Gasteiger partial charge on any atom is -0.348 e. The SMILES string of the molecule is CCN1C=C([N+](=O)[O-])C=C([N+](=O)[O-])C1C#N. The molecular formula is C8H8N4O4. The maximum atomic E-state index is 10.7. The summed E-state index contributed by atoms with van der Waals surface area (Å²) in [6.07, 6.45) is 1.96. The molecule has 0 N–H and O–H groups in total. The Kier molecular flexibility index (Phi) is 3.20. The summed E-state index contributed by atoms with van der Waals surface area (Å²) in [7, 11) is 0. The minimum absolute atomic E-state index is 0.279. The van der Waals surface area contributed by atoms with Crippen molar-refractivity contribution in [2.45, 2.75) is 13.0 Å². The molecule has 0 aromatic carbocycles. The molecular weight excluding hydrogens is 216 g/mol. The maximum Gasteiger partial charge on any atom is 0.291 e. The number of allylic oxidation sites excluding steroid dienone is 1. The van der Waals surface area contributed by atoms with Crippen molar-refractivity contribution in [3.8, 4) is 6.07 Å². The van der Waals surface area contributed by atoms with Gasteiger partial charge >= 0.3 is 0 Å². The molecule has 16 heavy (non-hydrogen) atoms. The van der Waals surface area contributed by atoms with E-state index in [-0.39, 0.29) is 12.2 Å². The molecule has 0 aliphatic carbocycles.